The fraction of sp³-hybridized carbons (Fsp3) is 0.462. The van der Waals surface area contributed by atoms with Crippen LogP contribution in [0, 0.1) is 16.0 Å². The third-order valence-electron chi connectivity index (χ3n) is 3.28. The summed E-state index contributed by atoms with van der Waals surface area (Å²) in [5, 5.41) is 13.4. The molecule has 0 aromatic heterocycles. The Morgan fingerprint density at radius 3 is 2.63 bits per heavy atom. The van der Waals surface area contributed by atoms with Crippen molar-refractivity contribution in [2.24, 2.45) is 5.92 Å². The topological polar surface area (TPSA) is 72.2 Å². The fourth-order valence-electron chi connectivity index (χ4n) is 1.62. The first kappa shape index (κ1) is 15.4. The van der Waals surface area contributed by atoms with E-state index in [1.807, 2.05) is 20.8 Å². The van der Waals surface area contributed by atoms with Crippen molar-refractivity contribution < 1.29 is 9.72 Å². The van der Waals surface area contributed by atoms with Crippen LogP contribution in [0.4, 0.5) is 5.69 Å². The number of nitro groups is 1. The predicted molar refractivity (Wildman–Crippen MR) is 74.5 cm³/mol. The number of benzene rings is 1. The van der Waals surface area contributed by atoms with Crippen LogP contribution in [0.3, 0.4) is 0 Å². The maximum absolute atomic E-state index is 12.1. The Labute approximate surface area is 117 Å². The molecule has 104 valence electrons. The van der Waals surface area contributed by atoms with Crippen molar-refractivity contribution in [3.8, 4) is 0 Å². The van der Waals surface area contributed by atoms with Gasteiger partial charge >= 0.3 is 0 Å². The molecule has 0 bridgehead atoms. The lowest BCUT2D eigenvalue weighted by Gasteiger charge is -2.20. The van der Waals surface area contributed by atoms with Gasteiger partial charge in [0.2, 0.25) is 0 Å². The quantitative estimate of drug-likeness (QED) is 0.665. The average molecular weight is 285 g/mol. The highest BCUT2D eigenvalue weighted by Gasteiger charge is 2.21. The molecule has 19 heavy (non-hydrogen) atoms. The molecular weight excluding hydrogens is 268 g/mol. The van der Waals surface area contributed by atoms with E-state index in [0.717, 1.165) is 6.42 Å². The number of nitrogens with zero attached hydrogens (tertiary/aromatic N) is 1. The second kappa shape index (κ2) is 6.52. The molecule has 0 aliphatic rings. The van der Waals surface area contributed by atoms with Gasteiger partial charge in [0.25, 0.3) is 11.6 Å². The highest BCUT2D eigenvalue weighted by Crippen LogP contribution is 2.27. The Kier molecular flexibility index (Phi) is 5.30. The van der Waals surface area contributed by atoms with Crippen molar-refractivity contribution in [3.63, 3.8) is 0 Å². The van der Waals surface area contributed by atoms with Gasteiger partial charge in [0, 0.05) is 12.1 Å². The van der Waals surface area contributed by atoms with E-state index in [2.05, 4.69) is 5.32 Å². The molecule has 0 heterocycles. The minimum atomic E-state index is -0.600. The summed E-state index contributed by atoms with van der Waals surface area (Å²) in [5.41, 5.74) is -0.128. The Morgan fingerprint density at radius 2 is 2.11 bits per heavy atom. The minimum Gasteiger partial charge on any atom is -0.349 e. The molecular formula is C13H17ClN2O3. The summed E-state index contributed by atoms with van der Waals surface area (Å²) in [5.74, 6) is -0.0667. The molecule has 1 amide bonds. The van der Waals surface area contributed by atoms with Crippen LogP contribution in [0.1, 0.15) is 37.6 Å². The zero-order chi connectivity index (χ0) is 14.6. The Balaban J connectivity index is 2.95. The van der Waals surface area contributed by atoms with Gasteiger partial charge < -0.3 is 5.32 Å². The predicted octanol–water partition coefficient (Wildman–Crippen LogP) is 3.41. The summed E-state index contributed by atoms with van der Waals surface area (Å²) in [6.45, 7) is 5.96. The summed E-state index contributed by atoms with van der Waals surface area (Å²) in [7, 11) is 0. The van der Waals surface area contributed by atoms with Gasteiger partial charge in [0.1, 0.15) is 5.02 Å². The van der Waals surface area contributed by atoms with E-state index in [0.29, 0.717) is 5.92 Å². The maximum Gasteiger partial charge on any atom is 0.288 e. The van der Waals surface area contributed by atoms with Gasteiger partial charge in [0.15, 0.2) is 0 Å². The highest BCUT2D eigenvalue weighted by atomic mass is 35.5. The Hall–Kier alpha value is -1.62. The number of hydrogen-bond acceptors (Lipinski definition) is 3. The van der Waals surface area contributed by atoms with E-state index in [1.165, 1.54) is 18.2 Å². The van der Waals surface area contributed by atoms with E-state index in [4.69, 9.17) is 11.6 Å². The highest BCUT2D eigenvalue weighted by molar-refractivity contribution is 6.35. The van der Waals surface area contributed by atoms with E-state index in [-0.39, 0.29) is 28.2 Å². The van der Waals surface area contributed by atoms with Crippen molar-refractivity contribution >= 4 is 23.2 Å². The summed E-state index contributed by atoms with van der Waals surface area (Å²) < 4.78 is 0. The van der Waals surface area contributed by atoms with Crippen molar-refractivity contribution in [2.45, 2.75) is 33.2 Å². The monoisotopic (exact) mass is 284 g/mol. The van der Waals surface area contributed by atoms with Crippen molar-refractivity contribution in [1.29, 1.82) is 0 Å². The molecule has 1 aromatic carbocycles. The van der Waals surface area contributed by atoms with Gasteiger partial charge in [-0.3, -0.25) is 14.9 Å². The molecule has 0 aliphatic heterocycles. The van der Waals surface area contributed by atoms with Crippen LogP contribution in [-0.2, 0) is 0 Å². The van der Waals surface area contributed by atoms with Crippen LogP contribution in [-0.4, -0.2) is 16.9 Å². The summed E-state index contributed by atoms with van der Waals surface area (Å²) >= 11 is 5.89. The number of halogens is 1. The standard InChI is InChI=1S/C13H17ClN2O3/c1-4-8(2)9(3)15-13(17)10-6-5-7-11(12(10)14)16(18)19/h5-9H,4H2,1-3H3,(H,15,17). The van der Waals surface area contributed by atoms with Gasteiger partial charge in [-0.15, -0.1) is 0 Å². The molecule has 0 aliphatic carbocycles. The fourth-order valence-corrected chi connectivity index (χ4v) is 1.90. The number of nitro benzene ring substituents is 1. The molecule has 0 fully saturated rings. The normalized spacial score (nSPS) is 13.7. The van der Waals surface area contributed by atoms with Crippen LogP contribution >= 0.6 is 11.6 Å². The van der Waals surface area contributed by atoms with Crippen LogP contribution < -0.4 is 5.32 Å². The number of rotatable bonds is 5. The minimum absolute atomic E-state index is 0.0205. The van der Waals surface area contributed by atoms with E-state index in [9.17, 15) is 14.9 Å². The molecule has 1 N–H and O–H groups in total. The van der Waals surface area contributed by atoms with Crippen LogP contribution in [0.5, 0.6) is 0 Å². The lowest BCUT2D eigenvalue weighted by Crippen LogP contribution is -2.37. The van der Waals surface area contributed by atoms with E-state index >= 15 is 0 Å². The second-order valence-corrected chi connectivity index (χ2v) is 4.92. The zero-order valence-electron chi connectivity index (χ0n) is 11.1. The lowest BCUT2D eigenvalue weighted by atomic mass is 10.0. The third kappa shape index (κ3) is 3.67. The van der Waals surface area contributed by atoms with Crippen LogP contribution in [0.2, 0.25) is 5.02 Å². The molecule has 2 unspecified atom stereocenters. The zero-order valence-corrected chi connectivity index (χ0v) is 11.9. The first-order valence-electron chi connectivity index (χ1n) is 6.12. The largest absolute Gasteiger partial charge is 0.349 e. The molecule has 1 rings (SSSR count). The van der Waals surface area contributed by atoms with Gasteiger partial charge in [0.05, 0.1) is 10.5 Å². The van der Waals surface area contributed by atoms with E-state index in [1.54, 1.807) is 0 Å². The number of nitrogens with one attached hydrogen (secondary N) is 1. The van der Waals surface area contributed by atoms with Gasteiger partial charge in [-0.2, -0.15) is 0 Å². The third-order valence-corrected chi connectivity index (χ3v) is 3.67. The van der Waals surface area contributed by atoms with Crippen molar-refractivity contribution in [1.82, 2.24) is 5.32 Å². The Bertz CT molecular complexity index is 491. The first-order chi connectivity index (χ1) is 8.88. The molecule has 1 aromatic rings. The van der Waals surface area contributed by atoms with Crippen LogP contribution in [0.15, 0.2) is 18.2 Å². The SMILES string of the molecule is CCC(C)C(C)NC(=O)c1cccc([N+](=O)[O-])c1Cl. The number of carbonyl (C=O) groups excluding carboxylic acids is 1. The molecule has 0 radical (unpaired) electrons. The molecule has 2 atom stereocenters. The first-order valence-corrected chi connectivity index (χ1v) is 6.50. The molecule has 0 saturated carbocycles. The van der Waals surface area contributed by atoms with Gasteiger partial charge in [-0.25, -0.2) is 0 Å². The number of hydrogen-bond donors (Lipinski definition) is 1. The molecule has 5 nitrogen and oxygen atoms in total. The average Bonchev–Trinajstić information content (AvgIpc) is 2.37. The summed E-state index contributed by atoms with van der Waals surface area (Å²) in [6, 6.07) is 4.19. The summed E-state index contributed by atoms with van der Waals surface area (Å²) in [6.07, 6.45) is 0.935. The van der Waals surface area contributed by atoms with Gasteiger partial charge in [-0.05, 0) is 18.9 Å². The van der Waals surface area contributed by atoms with Crippen molar-refractivity contribution in [3.05, 3.63) is 38.9 Å². The summed E-state index contributed by atoms with van der Waals surface area (Å²) in [4.78, 5) is 22.2. The molecule has 0 saturated heterocycles. The smallest absolute Gasteiger partial charge is 0.288 e. The lowest BCUT2D eigenvalue weighted by molar-refractivity contribution is -0.384. The number of amides is 1. The van der Waals surface area contributed by atoms with Gasteiger partial charge in [-0.1, -0.05) is 37.9 Å². The molecule has 0 spiro atoms. The van der Waals surface area contributed by atoms with Crippen molar-refractivity contribution in [2.75, 3.05) is 0 Å². The van der Waals surface area contributed by atoms with E-state index < -0.39 is 4.92 Å². The second-order valence-electron chi connectivity index (χ2n) is 4.54. The Morgan fingerprint density at radius 1 is 1.47 bits per heavy atom. The van der Waals surface area contributed by atoms with Crippen LogP contribution in [0.25, 0.3) is 0 Å². The maximum atomic E-state index is 12.1. The molecule has 6 heteroatoms. The number of carbonyl (C=O) groups is 1.